The van der Waals surface area contributed by atoms with Crippen LogP contribution in [0.25, 0.3) is 0 Å². The molecule has 1 aliphatic heterocycles. The third-order valence-corrected chi connectivity index (χ3v) is 5.94. The number of amides is 1. The van der Waals surface area contributed by atoms with Crippen LogP contribution in [0.15, 0.2) is 58.0 Å². The summed E-state index contributed by atoms with van der Waals surface area (Å²) in [5.41, 5.74) is 3.62. The molecule has 1 aliphatic rings. The Morgan fingerprint density at radius 1 is 1.17 bits per heavy atom. The minimum absolute atomic E-state index is 0.0721. The first-order valence-electron chi connectivity index (χ1n) is 11.3. The molecule has 2 N–H and O–H groups in total. The molecule has 0 radical (unpaired) electrons. The van der Waals surface area contributed by atoms with Gasteiger partial charge in [0.1, 0.15) is 5.41 Å². The van der Waals surface area contributed by atoms with Crippen molar-refractivity contribution in [1.29, 1.82) is 0 Å². The van der Waals surface area contributed by atoms with Gasteiger partial charge in [-0.15, -0.1) is 4.72 Å². The molecular formula is C24H37Cl2N3O5S. The van der Waals surface area contributed by atoms with Gasteiger partial charge < -0.3 is 29.0 Å². The van der Waals surface area contributed by atoms with E-state index < -0.39 is 11.4 Å². The Morgan fingerprint density at radius 3 is 2.40 bits per heavy atom. The highest BCUT2D eigenvalue weighted by Gasteiger charge is 2.23. The summed E-state index contributed by atoms with van der Waals surface area (Å²) in [6.45, 7) is 10.4. The van der Waals surface area contributed by atoms with E-state index >= 15 is 0 Å². The second-order valence-corrected chi connectivity index (χ2v) is 9.57. The molecule has 2 unspecified atom stereocenters. The minimum atomic E-state index is -1.31. The first-order chi connectivity index (χ1) is 16.8. The van der Waals surface area contributed by atoms with Crippen LogP contribution in [-0.4, -0.2) is 88.2 Å². The van der Waals surface area contributed by atoms with Crippen molar-refractivity contribution in [2.75, 3.05) is 72.9 Å². The molecule has 0 aromatic rings. The van der Waals surface area contributed by atoms with Crippen LogP contribution in [-0.2, 0) is 30.4 Å². The highest BCUT2D eigenvalue weighted by Crippen LogP contribution is 2.30. The van der Waals surface area contributed by atoms with E-state index in [0.29, 0.717) is 57.8 Å². The maximum absolute atomic E-state index is 12.1. The molecule has 1 heterocycles. The summed E-state index contributed by atoms with van der Waals surface area (Å²) in [5.74, 6) is 0.0309. The first-order valence-corrected chi connectivity index (χ1v) is 13.4. The van der Waals surface area contributed by atoms with Gasteiger partial charge in [-0.05, 0) is 30.3 Å². The van der Waals surface area contributed by atoms with Crippen LogP contribution in [0.1, 0.15) is 6.92 Å². The van der Waals surface area contributed by atoms with Crippen LogP contribution in [0.4, 0.5) is 0 Å². The number of piperidine rings is 1. The predicted molar refractivity (Wildman–Crippen MR) is 144 cm³/mol. The number of nitrogens with zero attached hydrogens (tertiary/aromatic N) is 1. The molecule has 0 spiro atoms. The summed E-state index contributed by atoms with van der Waals surface area (Å²) in [5, 5.41) is 4.69. The zero-order valence-corrected chi connectivity index (χ0v) is 22.8. The lowest BCUT2D eigenvalue weighted by atomic mass is 9.88. The lowest BCUT2D eigenvalue weighted by Gasteiger charge is -2.32. The van der Waals surface area contributed by atoms with Crippen molar-refractivity contribution in [3.8, 4) is 0 Å². The number of hydrogen-bond acceptors (Lipinski definition) is 7. The Morgan fingerprint density at radius 2 is 1.80 bits per heavy atom. The smallest absolute Gasteiger partial charge is 0.216 e. The van der Waals surface area contributed by atoms with Crippen molar-refractivity contribution in [1.82, 2.24) is 14.9 Å². The fourth-order valence-electron chi connectivity index (χ4n) is 3.17. The van der Waals surface area contributed by atoms with Gasteiger partial charge in [-0.2, -0.15) is 0 Å². The van der Waals surface area contributed by atoms with Crippen molar-refractivity contribution in [2.24, 2.45) is 5.92 Å². The maximum Gasteiger partial charge on any atom is 0.216 e. The van der Waals surface area contributed by atoms with Crippen LogP contribution in [0.2, 0.25) is 0 Å². The Bertz CT molecular complexity index is 761. The zero-order chi connectivity index (χ0) is 25.9. The molecule has 1 rings (SSSR count). The van der Waals surface area contributed by atoms with E-state index in [9.17, 15) is 9.35 Å². The summed E-state index contributed by atoms with van der Waals surface area (Å²) in [7, 11) is 2.03. The molecule has 0 aromatic carbocycles. The molecule has 0 bridgehead atoms. The van der Waals surface area contributed by atoms with Crippen molar-refractivity contribution in [3.05, 3.63) is 58.0 Å². The number of ether oxygens (including phenoxy) is 3. The van der Waals surface area contributed by atoms with Crippen LogP contribution >= 0.6 is 23.2 Å². The van der Waals surface area contributed by atoms with Crippen molar-refractivity contribution >= 4 is 40.5 Å². The van der Waals surface area contributed by atoms with Gasteiger partial charge in [-0.3, -0.25) is 4.79 Å². The Labute approximate surface area is 222 Å². The van der Waals surface area contributed by atoms with E-state index in [2.05, 4.69) is 21.5 Å². The summed E-state index contributed by atoms with van der Waals surface area (Å²) < 4.78 is 31.1. The number of rotatable bonds is 17. The van der Waals surface area contributed by atoms with Gasteiger partial charge in [0.05, 0.1) is 57.5 Å². The summed E-state index contributed by atoms with van der Waals surface area (Å²) >= 11 is 10.7. The van der Waals surface area contributed by atoms with Gasteiger partial charge in [-0.25, -0.2) is 0 Å². The van der Waals surface area contributed by atoms with E-state index in [4.69, 9.17) is 37.4 Å². The standard InChI is InChI=1S/C24H37Cl2N3O5S/c1-20(26)16-24-22(18-29(3)19-23(24)17-25)6-4-5-15-35(31)28-8-10-33-12-14-34-13-11-32-9-7-27-21(2)30/h4-6,15-17,22,28H,1,7-14,18-19H2,2-3H3,(H,27,30)/b6-4+,15-5+,23-17+,24-16-. The number of likely N-dealkylation sites (N-methyl/N-ethyl adjacent to an activating group) is 1. The average molecular weight is 551 g/mol. The summed E-state index contributed by atoms with van der Waals surface area (Å²) in [4.78, 5) is 12.9. The fraction of sp³-hybridized carbons (Fsp3) is 0.542. The largest absolute Gasteiger partial charge is 0.593 e. The number of hydrogen-bond donors (Lipinski definition) is 2. The van der Waals surface area contributed by atoms with E-state index in [-0.39, 0.29) is 11.8 Å². The molecule has 8 nitrogen and oxygen atoms in total. The molecule has 35 heavy (non-hydrogen) atoms. The normalized spacial score (nSPS) is 20.3. The average Bonchev–Trinajstić information content (AvgIpc) is 2.80. The fourth-order valence-corrected chi connectivity index (χ4v) is 4.09. The van der Waals surface area contributed by atoms with Crippen molar-refractivity contribution < 1.29 is 23.6 Å². The minimum Gasteiger partial charge on any atom is -0.593 e. The SMILES string of the molecule is C=C(Cl)/C=C1\C(=C\Cl)CN(C)CC1/C=C/C=C/[S+]([O-])NCCOCCOCCOCCNC(C)=O. The number of likely N-dealkylation sites (tertiary alicyclic amines) is 1. The molecular weight excluding hydrogens is 513 g/mol. The summed E-state index contributed by atoms with van der Waals surface area (Å²) in [6, 6.07) is 0. The molecule has 1 saturated heterocycles. The number of nitrogens with one attached hydrogen (secondary N) is 2. The van der Waals surface area contributed by atoms with Gasteiger partial charge in [0, 0.05) is 43.0 Å². The second-order valence-electron chi connectivity index (χ2n) is 7.71. The summed E-state index contributed by atoms with van der Waals surface area (Å²) in [6.07, 6.45) is 7.50. The van der Waals surface area contributed by atoms with Gasteiger partial charge >= 0.3 is 0 Å². The number of halogens is 2. The lowest BCUT2D eigenvalue weighted by Crippen LogP contribution is -2.34. The van der Waals surface area contributed by atoms with Crippen LogP contribution in [0, 0.1) is 5.92 Å². The lowest BCUT2D eigenvalue weighted by molar-refractivity contribution is -0.119. The van der Waals surface area contributed by atoms with Gasteiger partial charge in [-0.1, -0.05) is 41.9 Å². The topological polar surface area (TPSA) is 95.1 Å². The number of allylic oxidation sites excluding steroid dienone is 4. The molecule has 1 amide bonds. The van der Waals surface area contributed by atoms with E-state index in [1.54, 1.807) is 17.0 Å². The monoisotopic (exact) mass is 549 g/mol. The maximum atomic E-state index is 12.1. The first kappa shape index (κ1) is 31.9. The third-order valence-electron chi connectivity index (χ3n) is 4.67. The highest BCUT2D eigenvalue weighted by atomic mass is 35.5. The number of carbonyl (C=O) groups excluding carboxylic acids is 1. The van der Waals surface area contributed by atoms with Gasteiger partial charge in [0.25, 0.3) is 0 Å². The zero-order valence-electron chi connectivity index (χ0n) is 20.5. The Balaban J connectivity index is 2.16. The van der Waals surface area contributed by atoms with Crippen molar-refractivity contribution in [2.45, 2.75) is 6.92 Å². The molecule has 2 atom stereocenters. The molecule has 1 fully saturated rings. The number of carbonyl (C=O) groups is 1. The predicted octanol–water partition coefficient (Wildman–Crippen LogP) is 2.86. The molecule has 0 aromatic heterocycles. The van der Waals surface area contributed by atoms with E-state index in [1.807, 2.05) is 25.3 Å². The van der Waals surface area contributed by atoms with Crippen LogP contribution in [0.5, 0.6) is 0 Å². The molecule has 198 valence electrons. The van der Waals surface area contributed by atoms with Gasteiger partial charge in [0.15, 0.2) is 0 Å². The van der Waals surface area contributed by atoms with Crippen LogP contribution < -0.4 is 10.0 Å². The van der Waals surface area contributed by atoms with Crippen molar-refractivity contribution in [3.63, 3.8) is 0 Å². The molecule has 0 aliphatic carbocycles. The van der Waals surface area contributed by atoms with E-state index in [0.717, 1.165) is 24.2 Å². The van der Waals surface area contributed by atoms with Crippen LogP contribution in [0.3, 0.4) is 0 Å². The second kappa shape index (κ2) is 20.0. The Hall–Kier alpha value is -1.14. The molecule has 11 heteroatoms. The van der Waals surface area contributed by atoms with E-state index in [1.165, 1.54) is 6.92 Å². The van der Waals surface area contributed by atoms with Gasteiger partial charge in [0.2, 0.25) is 5.91 Å². The highest BCUT2D eigenvalue weighted by molar-refractivity contribution is 7.92. The third kappa shape index (κ3) is 16.3. The molecule has 0 saturated carbocycles. The quantitative estimate of drug-likeness (QED) is 0.163. The Kier molecular flexibility index (Phi) is 18.2.